The van der Waals surface area contributed by atoms with E-state index >= 15 is 0 Å². The molecule has 134 valence electrons. The number of pyridine rings is 1. The number of amides is 2. The van der Waals surface area contributed by atoms with Crippen LogP contribution in [0.3, 0.4) is 0 Å². The Kier molecular flexibility index (Phi) is 7.01. The molecule has 1 saturated carbocycles. The minimum absolute atomic E-state index is 0.0477. The highest BCUT2D eigenvalue weighted by atomic mass is 16.5. The molecule has 0 aromatic carbocycles. The highest BCUT2D eigenvalue weighted by Gasteiger charge is 2.23. The van der Waals surface area contributed by atoms with E-state index < -0.39 is 5.97 Å². The number of carbonyl (C=O) groups is 2. The Morgan fingerprint density at radius 3 is 2.68 bits per heavy atom. The number of urea groups is 1. The summed E-state index contributed by atoms with van der Waals surface area (Å²) in [5.41, 5.74) is 0.495. The first-order valence-electron chi connectivity index (χ1n) is 8.36. The van der Waals surface area contributed by atoms with Crippen molar-refractivity contribution in [1.82, 2.24) is 15.6 Å². The fourth-order valence-electron chi connectivity index (χ4n) is 2.69. The summed E-state index contributed by atoms with van der Waals surface area (Å²) in [7, 11) is 0. The van der Waals surface area contributed by atoms with Crippen molar-refractivity contribution in [2.75, 3.05) is 6.54 Å². The topological polar surface area (TPSA) is 124 Å². The predicted octanol–water partition coefficient (Wildman–Crippen LogP) is 1.81. The van der Waals surface area contributed by atoms with Gasteiger partial charge in [-0.1, -0.05) is 0 Å². The van der Waals surface area contributed by atoms with Crippen molar-refractivity contribution in [2.45, 2.75) is 50.7 Å². The number of aliphatic carboxylic acids is 1. The summed E-state index contributed by atoms with van der Waals surface area (Å²) in [6.45, 7) is 0.348. The molecule has 0 unspecified atom stereocenters. The van der Waals surface area contributed by atoms with Crippen molar-refractivity contribution < 1.29 is 19.4 Å². The molecule has 0 spiro atoms. The van der Waals surface area contributed by atoms with E-state index in [4.69, 9.17) is 15.1 Å². The Hall–Kier alpha value is -2.82. The molecule has 1 aliphatic carbocycles. The number of aromatic nitrogens is 1. The first-order chi connectivity index (χ1) is 12.1. The number of hydrogen-bond donors (Lipinski definition) is 3. The van der Waals surface area contributed by atoms with Gasteiger partial charge in [0, 0.05) is 31.3 Å². The van der Waals surface area contributed by atoms with Gasteiger partial charge in [0.25, 0.3) is 0 Å². The maximum absolute atomic E-state index is 11.8. The minimum atomic E-state index is -0.864. The first kappa shape index (κ1) is 18.5. The van der Waals surface area contributed by atoms with E-state index in [2.05, 4.69) is 15.6 Å². The summed E-state index contributed by atoms with van der Waals surface area (Å²) < 4.78 is 5.81. The molecule has 0 atom stereocenters. The van der Waals surface area contributed by atoms with Crippen LogP contribution in [0, 0.1) is 11.3 Å². The fraction of sp³-hybridized carbons (Fsp3) is 0.529. The summed E-state index contributed by atoms with van der Waals surface area (Å²) in [4.78, 5) is 26.2. The van der Waals surface area contributed by atoms with Gasteiger partial charge in [0.05, 0.1) is 5.56 Å². The van der Waals surface area contributed by atoms with E-state index in [0.29, 0.717) is 24.4 Å². The molecule has 0 aliphatic heterocycles. The molecule has 1 heterocycles. The maximum Gasteiger partial charge on any atom is 0.315 e. The Labute approximate surface area is 146 Å². The molecular formula is C17H22N4O4. The van der Waals surface area contributed by atoms with Gasteiger partial charge in [0.15, 0.2) is 0 Å². The first-order valence-corrected chi connectivity index (χ1v) is 8.36. The molecule has 8 heteroatoms. The van der Waals surface area contributed by atoms with Crippen molar-refractivity contribution in [1.29, 1.82) is 5.26 Å². The van der Waals surface area contributed by atoms with Crippen molar-refractivity contribution in [2.24, 2.45) is 0 Å². The molecule has 2 rings (SSSR count). The van der Waals surface area contributed by atoms with Crippen LogP contribution in [-0.2, 0) is 4.79 Å². The van der Waals surface area contributed by atoms with Crippen LogP contribution < -0.4 is 15.4 Å². The summed E-state index contributed by atoms with van der Waals surface area (Å²) in [6, 6.07) is 5.20. The molecule has 2 amide bonds. The summed E-state index contributed by atoms with van der Waals surface area (Å²) in [6.07, 6.45) is 5.24. The van der Waals surface area contributed by atoms with Crippen LogP contribution in [0.4, 0.5) is 4.79 Å². The number of nitrogens with one attached hydrogen (secondary N) is 2. The highest BCUT2D eigenvalue weighted by molar-refractivity contribution is 5.74. The standard InChI is InChI=1S/C17H22N4O4/c18-10-12-3-8-15(20-11-12)25-14-6-4-13(5-7-14)21-17(24)19-9-1-2-16(22)23/h3,8,11,13-14H,1-2,4-7,9H2,(H,22,23)(H2,19,21,24). The van der Waals surface area contributed by atoms with E-state index in [1.807, 2.05) is 6.07 Å². The SMILES string of the molecule is N#Cc1ccc(OC2CCC(NC(=O)NCCCC(=O)O)CC2)nc1. The largest absolute Gasteiger partial charge is 0.481 e. The van der Waals surface area contributed by atoms with Gasteiger partial charge in [-0.15, -0.1) is 0 Å². The van der Waals surface area contributed by atoms with Crippen molar-refractivity contribution >= 4 is 12.0 Å². The van der Waals surface area contributed by atoms with Crippen LogP contribution >= 0.6 is 0 Å². The molecule has 0 bridgehead atoms. The predicted molar refractivity (Wildman–Crippen MR) is 89.0 cm³/mol. The number of ether oxygens (including phenoxy) is 1. The van der Waals surface area contributed by atoms with E-state index in [1.54, 1.807) is 12.1 Å². The molecule has 1 fully saturated rings. The lowest BCUT2D eigenvalue weighted by atomic mass is 9.93. The molecule has 25 heavy (non-hydrogen) atoms. The van der Waals surface area contributed by atoms with E-state index in [9.17, 15) is 9.59 Å². The van der Waals surface area contributed by atoms with Crippen LogP contribution in [0.5, 0.6) is 5.88 Å². The smallest absolute Gasteiger partial charge is 0.315 e. The lowest BCUT2D eigenvalue weighted by molar-refractivity contribution is -0.137. The Morgan fingerprint density at radius 2 is 2.08 bits per heavy atom. The summed E-state index contributed by atoms with van der Waals surface area (Å²) in [5.74, 6) is -0.358. The van der Waals surface area contributed by atoms with Crippen molar-refractivity contribution in [3.63, 3.8) is 0 Å². The Bertz CT molecular complexity index is 619. The average molecular weight is 346 g/mol. The van der Waals surface area contributed by atoms with Gasteiger partial charge in [-0.3, -0.25) is 4.79 Å². The van der Waals surface area contributed by atoms with Crippen LogP contribution in [0.2, 0.25) is 0 Å². The summed E-state index contributed by atoms with van der Waals surface area (Å²) in [5, 5.41) is 22.9. The fourth-order valence-corrected chi connectivity index (χ4v) is 2.69. The number of carboxylic acids is 1. The third kappa shape index (κ3) is 6.67. The zero-order chi connectivity index (χ0) is 18.1. The Morgan fingerprint density at radius 1 is 1.32 bits per heavy atom. The molecule has 0 saturated heterocycles. The van der Waals surface area contributed by atoms with Crippen LogP contribution in [0.15, 0.2) is 18.3 Å². The van der Waals surface area contributed by atoms with Gasteiger partial charge in [-0.2, -0.15) is 5.26 Å². The van der Waals surface area contributed by atoms with Gasteiger partial charge in [-0.05, 0) is 38.2 Å². The number of carbonyl (C=O) groups excluding carboxylic acids is 1. The number of nitrogens with zero attached hydrogens (tertiary/aromatic N) is 2. The molecular weight excluding hydrogens is 324 g/mol. The van der Waals surface area contributed by atoms with E-state index in [1.165, 1.54) is 6.20 Å². The molecule has 0 radical (unpaired) electrons. The number of nitriles is 1. The van der Waals surface area contributed by atoms with Crippen molar-refractivity contribution in [3.05, 3.63) is 23.9 Å². The average Bonchev–Trinajstić information content (AvgIpc) is 2.61. The van der Waals surface area contributed by atoms with E-state index in [0.717, 1.165) is 25.7 Å². The summed E-state index contributed by atoms with van der Waals surface area (Å²) >= 11 is 0. The Balaban J connectivity index is 1.64. The monoisotopic (exact) mass is 346 g/mol. The number of rotatable bonds is 7. The molecule has 1 aromatic rings. The van der Waals surface area contributed by atoms with Crippen LogP contribution in [0.25, 0.3) is 0 Å². The van der Waals surface area contributed by atoms with Gasteiger partial charge in [0.1, 0.15) is 12.2 Å². The highest BCUT2D eigenvalue weighted by Crippen LogP contribution is 2.23. The lowest BCUT2D eigenvalue weighted by Crippen LogP contribution is -2.45. The second kappa shape index (κ2) is 9.47. The zero-order valence-corrected chi connectivity index (χ0v) is 13.9. The zero-order valence-electron chi connectivity index (χ0n) is 13.9. The molecule has 3 N–H and O–H groups in total. The number of hydrogen-bond acceptors (Lipinski definition) is 5. The molecule has 1 aromatic heterocycles. The van der Waals surface area contributed by atoms with Crippen LogP contribution in [-0.4, -0.2) is 40.8 Å². The lowest BCUT2D eigenvalue weighted by Gasteiger charge is -2.29. The molecule has 8 nitrogen and oxygen atoms in total. The minimum Gasteiger partial charge on any atom is -0.481 e. The normalized spacial score (nSPS) is 19.5. The van der Waals surface area contributed by atoms with Crippen LogP contribution in [0.1, 0.15) is 44.1 Å². The quantitative estimate of drug-likeness (QED) is 0.647. The van der Waals surface area contributed by atoms with Crippen molar-refractivity contribution in [3.8, 4) is 11.9 Å². The van der Waals surface area contributed by atoms with Gasteiger partial charge in [0.2, 0.25) is 5.88 Å². The van der Waals surface area contributed by atoms with Gasteiger partial charge in [-0.25, -0.2) is 9.78 Å². The second-order valence-electron chi connectivity index (χ2n) is 5.99. The number of carboxylic acid groups (broad SMARTS) is 1. The van der Waals surface area contributed by atoms with E-state index in [-0.39, 0.29) is 24.6 Å². The second-order valence-corrected chi connectivity index (χ2v) is 5.99. The molecule has 1 aliphatic rings. The van der Waals surface area contributed by atoms with Gasteiger partial charge < -0.3 is 20.5 Å². The van der Waals surface area contributed by atoms with Gasteiger partial charge >= 0.3 is 12.0 Å². The maximum atomic E-state index is 11.8. The third-order valence-electron chi connectivity index (χ3n) is 4.02. The third-order valence-corrected chi connectivity index (χ3v) is 4.02.